The molecule has 1 aromatic heterocycles. The molecule has 0 saturated carbocycles. The third kappa shape index (κ3) is 4.81. The molecular formula is C14H16Br2ClNO2. The van der Waals surface area contributed by atoms with Gasteiger partial charge >= 0.3 is 0 Å². The molecule has 0 aliphatic rings. The summed E-state index contributed by atoms with van der Waals surface area (Å²) >= 11 is 7.06. The molecule has 0 unspecified atom stereocenters. The van der Waals surface area contributed by atoms with Crippen LogP contribution in [0.5, 0.6) is 5.75 Å². The first-order valence-corrected chi connectivity index (χ1v) is 7.63. The summed E-state index contributed by atoms with van der Waals surface area (Å²) < 4.78 is 12.7. The molecule has 1 aromatic carbocycles. The first-order valence-electron chi connectivity index (χ1n) is 6.04. The Morgan fingerprint density at radius 1 is 1.20 bits per heavy atom. The second-order valence-electron chi connectivity index (χ2n) is 4.00. The van der Waals surface area contributed by atoms with Gasteiger partial charge in [-0.05, 0) is 68.6 Å². The lowest BCUT2D eigenvalue weighted by Gasteiger charge is -2.11. The van der Waals surface area contributed by atoms with Crippen LogP contribution in [0, 0.1) is 0 Å². The van der Waals surface area contributed by atoms with Crippen LogP contribution < -0.4 is 10.1 Å². The largest absolute Gasteiger partial charge is 0.492 e. The van der Waals surface area contributed by atoms with Crippen LogP contribution in [-0.2, 0) is 13.1 Å². The smallest absolute Gasteiger partial charge is 0.147 e. The van der Waals surface area contributed by atoms with Gasteiger partial charge in [0.15, 0.2) is 0 Å². The van der Waals surface area contributed by atoms with Gasteiger partial charge in [-0.2, -0.15) is 0 Å². The van der Waals surface area contributed by atoms with Crippen molar-refractivity contribution in [1.29, 1.82) is 0 Å². The van der Waals surface area contributed by atoms with Gasteiger partial charge in [0.25, 0.3) is 0 Å². The summed E-state index contributed by atoms with van der Waals surface area (Å²) in [6, 6.07) is 7.97. The van der Waals surface area contributed by atoms with E-state index in [4.69, 9.17) is 9.15 Å². The second-order valence-corrected chi connectivity index (χ2v) is 5.71. The van der Waals surface area contributed by atoms with Gasteiger partial charge in [-0.25, -0.2) is 0 Å². The lowest BCUT2D eigenvalue weighted by atomic mass is 10.2. The van der Waals surface area contributed by atoms with Crippen LogP contribution >= 0.6 is 44.3 Å². The SMILES string of the molecule is CCOc1c(Br)cc(CNCc2ccco2)cc1Br.Cl. The molecule has 1 N–H and O–H groups in total. The number of benzene rings is 1. The molecule has 6 heteroatoms. The molecule has 0 aliphatic heterocycles. The molecule has 2 rings (SSSR count). The molecule has 0 fully saturated rings. The lowest BCUT2D eigenvalue weighted by Crippen LogP contribution is -2.12. The standard InChI is InChI=1S/C14H15Br2NO2.ClH/c1-2-18-14-12(15)6-10(7-13(14)16)8-17-9-11-4-3-5-19-11;/h3-7,17H,2,8-9H2,1H3;1H. The summed E-state index contributed by atoms with van der Waals surface area (Å²) in [6.07, 6.45) is 1.68. The van der Waals surface area contributed by atoms with Crippen molar-refractivity contribution in [2.24, 2.45) is 0 Å². The number of furan rings is 1. The first kappa shape index (κ1) is 17.6. The topological polar surface area (TPSA) is 34.4 Å². The minimum atomic E-state index is 0. The van der Waals surface area contributed by atoms with Gasteiger partial charge in [0.2, 0.25) is 0 Å². The predicted octanol–water partition coefficient (Wildman–Crippen LogP) is 4.91. The molecule has 0 atom stereocenters. The molecule has 3 nitrogen and oxygen atoms in total. The Labute approximate surface area is 141 Å². The fourth-order valence-electron chi connectivity index (χ4n) is 1.74. The number of rotatable bonds is 6. The Morgan fingerprint density at radius 2 is 1.90 bits per heavy atom. The lowest BCUT2D eigenvalue weighted by molar-refractivity contribution is 0.336. The van der Waals surface area contributed by atoms with Crippen LogP contribution in [0.1, 0.15) is 18.2 Å². The van der Waals surface area contributed by atoms with E-state index >= 15 is 0 Å². The zero-order chi connectivity index (χ0) is 13.7. The average molecular weight is 426 g/mol. The Kier molecular flexibility index (Phi) is 7.66. The normalized spacial score (nSPS) is 10.2. The van der Waals surface area contributed by atoms with E-state index in [2.05, 4.69) is 49.3 Å². The van der Waals surface area contributed by atoms with Gasteiger partial charge in [-0.3, -0.25) is 0 Å². The predicted molar refractivity (Wildman–Crippen MR) is 89.5 cm³/mol. The summed E-state index contributed by atoms with van der Waals surface area (Å²) in [5.41, 5.74) is 1.17. The zero-order valence-electron chi connectivity index (χ0n) is 11.0. The Morgan fingerprint density at radius 3 is 2.45 bits per heavy atom. The van der Waals surface area contributed by atoms with Crippen molar-refractivity contribution in [3.05, 3.63) is 50.8 Å². The number of ether oxygens (including phenoxy) is 1. The zero-order valence-corrected chi connectivity index (χ0v) is 15.0. The minimum Gasteiger partial charge on any atom is -0.492 e. The van der Waals surface area contributed by atoms with E-state index in [1.165, 1.54) is 5.56 Å². The van der Waals surface area contributed by atoms with Gasteiger partial charge in [0, 0.05) is 6.54 Å². The van der Waals surface area contributed by atoms with Crippen molar-refractivity contribution in [2.45, 2.75) is 20.0 Å². The highest BCUT2D eigenvalue weighted by Gasteiger charge is 2.08. The van der Waals surface area contributed by atoms with E-state index in [1.54, 1.807) is 6.26 Å². The molecule has 1 heterocycles. The van der Waals surface area contributed by atoms with Crippen molar-refractivity contribution in [3.63, 3.8) is 0 Å². The third-order valence-corrected chi connectivity index (χ3v) is 3.73. The fraction of sp³-hybridized carbons (Fsp3) is 0.286. The summed E-state index contributed by atoms with van der Waals surface area (Å²) in [4.78, 5) is 0. The number of hydrogen-bond donors (Lipinski definition) is 1. The van der Waals surface area contributed by atoms with Gasteiger partial charge in [0.1, 0.15) is 11.5 Å². The quantitative estimate of drug-likeness (QED) is 0.714. The molecule has 0 bridgehead atoms. The average Bonchev–Trinajstić information content (AvgIpc) is 2.87. The van der Waals surface area contributed by atoms with Gasteiger partial charge in [-0.1, -0.05) is 0 Å². The fourth-order valence-corrected chi connectivity index (χ4v) is 3.25. The molecule has 0 aliphatic carbocycles. The number of halogens is 3. The molecule has 0 saturated heterocycles. The van der Waals surface area contributed by atoms with Gasteiger partial charge < -0.3 is 14.5 Å². The summed E-state index contributed by atoms with van der Waals surface area (Å²) in [5, 5.41) is 3.33. The monoisotopic (exact) mass is 423 g/mol. The highest BCUT2D eigenvalue weighted by Crippen LogP contribution is 2.34. The maximum Gasteiger partial charge on any atom is 0.147 e. The first-order chi connectivity index (χ1) is 9.20. The van der Waals surface area contributed by atoms with Crippen LogP contribution in [0.25, 0.3) is 0 Å². The Balaban J connectivity index is 0.00000200. The van der Waals surface area contributed by atoms with Crippen molar-refractivity contribution in [2.75, 3.05) is 6.61 Å². The van der Waals surface area contributed by atoms with Crippen LogP contribution in [0.2, 0.25) is 0 Å². The van der Waals surface area contributed by atoms with E-state index in [1.807, 2.05) is 19.1 Å². The molecule has 2 aromatic rings. The molecule has 110 valence electrons. The Hall–Kier alpha value is -0.490. The Bertz CT molecular complexity index is 509. The van der Waals surface area contributed by atoms with Crippen LogP contribution in [0.15, 0.2) is 43.9 Å². The van der Waals surface area contributed by atoms with Gasteiger partial charge in [0.05, 0.1) is 28.4 Å². The summed E-state index contributed by atoms with van der Waals surface area (Å²) in [6.45, 7) is 4.10. The van der Waals surface area contributed by atoms with E-state index in [0.29, 0.717) is 6.61 Å². The molecular weight excluding hydrogens is 409 g/mol. The van der Waals surface area contributed by atoms with E-state index in [-0.39, 0.29) is 12.4 Å². The van der Waals surface area contributed by atoms with Crippen molar-refractivity contribution < 1.29 is 9.15 Å². The highest BCUT2D eigenvalue weighted by molar-refractivity contribution is 9.11. The molecule has 0 amide bonds. The maximum absolute atomic E-state index is 5.56. The summed E-state index contributed by atoms with van der Waals surface area (Å²) in [7, 11) is 0. The van der Waals surface area contributed by atoms with E-state index < -0.39 is 0 Å². The third-order valence-electron chi connectivity index (χ3n) is 2.56. The highest BCUT2D eigenvalue weighted by atomic mass is 79.9. The van der Waals surface area contributed by atoms with E-state index in [0.717, 1.165) is 33.5 Å². The maximum atomic E-state index is 5.56. The number of hydrogen-bond acceptors (Lipinski definition) is 3. The van der Waals surface area contributed by atoms with Crippen LogP contribution in [0.3, 0.4) is 0 Å². The second kappa shape index (κ2) is 8.72. The molecule has 0 spiro atoms. The number of nitrogens with one attached hydrogen (secondary N) is 1. The van der Waals surface area contributed by atoms with Crippen LogP contribution in [0.4, 0.5) is 0 Å². The molecule has 20 heavy (non-hydrogen) atoms. The van der Waals surface area contributed by atoms with Crippen molar-refractivity contribution in [3.8, 4) is 5.75 Å². The minimum absolute atomic E-state index is 0. The van der Waals surface area contributed by atoms with Crippen molar-refractivity contribution in [1.82, 2.24) is 5.32 Å². The van der Waals surface area contributed by atoms with E-state index in [9.17, 15) is 0 Å². The van der Waals surface area contributed by atoms with Crippen LogP contribution in [-0.4, -0.2) is 6.61 Å². The molecule has 0 radical (unpaired) electrons. The van der Waals surface area contributed by atoms with Crippen molar-refractivity contribution >= 4 is 44.3 Å². The van der Waals surface area contributed by atoms with Gasteiger partial charge in [-0.15, -0.1) is 12.4 Å². The summed E-state index contributed by atoms with van der Waals surface area (Å²) in [5.74, 6) is 1.78.